The zero-order chi connectivity index (χ0) is 8.97. The Morgan fingerprint density at radius 2 is 2.17 bits per heavy atom. The van der Waals surface area contributed by atoms with Gasteiger partial charge >= 0.3 is 0 Å². The third kappa shape index (κ3) is 2.07. The summed E-state index contributed by atoms with van der Waals surface area (Å²) in [5, 5.41) is 0. The summed E-state index contributed by atoms with van der Waals surface area (Å²) in [4.78, 5) is 11.7. The van der Waals surface area contributed by atoms with Crippen molar-refractivity contribution < 1.29 is 9.53 Å². The van der Waals surface area contributed by atoms with E-state index in [9.17, 15) is 4.79 Å². The van der Waals surface area contributed by atoms with E-state index in [0.29, 0.717) is 5.78 Å². The minimum absolute atomic E-state index is 0.0742. The second kappa shape index (κ2) is 4.61. The van der Waals surface area contributed by atoms with Gasteiger partial charge in [-0.3, -0.25) is 4.79 Å². The molecule has 1 fully saturated rings. The molecule has 0 aromatic carbocycles. The quantitative estimate of drug-likeness (QED) is 0.646. The van der Waals surface area contributed by atoms with Crippen molar-refractivity contribution in [3.05, 3.63) is 0 Å². The zero-order valence-electron chi connectivity index (χ0n) is 8.01. The molecule has 70 valence electrons. The SMILES string of the molecule is CCC(CC)C(=O)C1CCCO1. The highest BCUT2D eigenvalue weighted by molar-refractivity contribution is 5.85. The molecule has 0 aromatic rings. The predicted octanol–water partition coefficient (Wildman–Crippen LogP) is 2.17. The monoisotopic (exact) mass is 170 g/mol. The van der Waals surface area contributed by atoms with Crippen molar-refractivity contribution in [1.29, 1.82) is 0 Å². The van der Waals surface area contributed by atoms with Gasteiger partial charge < -0.3 is 4.74 Å². The van der Waals surface area contributed by atoms with Crippen molar-refractivity contribution in [1.82, 2.24) is 0 Å². The first kappa shape index (κ1) is 9.72. The third-order valence-corrected chi connectivity index (χ3v) is 2.63. The molecule has 0 amide bonds. The molecule has 0 radical (unpaired) electrons. The molecule has 1 unspecified atom stereocenters. The van der Waals surface area contributed by atoms with E-state index < -0.39 is 0 Å². The van der Waals surface area contributed by atoms with Gasteiger partial charge in [0, 0.05) is 12.5 Å². The molecule has 1 aliphatic heterocycles. The summed E-state index contributed by atoms with van der Waals surface area (Å²) in [6.45, 7) is 4.92. The van der Waals surface area contributed by atoms with Crippen LogP contribution in [0, 0.1) is 5.92 Å². The number of ether oxygens (including phenoxy) is 1. The second-order valence-electron chi connectivity index (χ2n) is 3.42. The van der Waals surface area contributed by atoms with E-state index >= 15 is 0 Å². The molecular formula is C10H18O2. The number of ketones is 1. The highest BCUT2D eigenvalue weighted by Gasteiger charge is 2.27. The van der Waals surface area contributed by atoms with Crippen molar-refractivity contribution >= 4 is 5.78 Å². The van der Waals surface area contributed by atoms with Crippen LogP contribution in [0.25, 0.3) is 0 Å². The lowest BCUT2D eigenvalue weighted by Gasteiger charge is -2.15. The molecule has 1 saturated heterocycles. The Labute approximate surface area is 74.3 Å². The molecule has 0 aromatic heterocycles. The summed E-state index contributed by atoms with van der Waals surface area (Å²) in [6.07, 6.45) is 3.82. The van der Waals surface area contributed by atoms with Gasteiger partial charge in [-0.2, -0.15) is 0 Å². The first-order chi connectivity index (χ1) is 5.79. The number of carbonyl (C=O) groups excluding carboxylic acids is 1. The summed E-state index contributed by atoms with van der Waals surface area (Å²) in [5.41, 5.74) is 0. The standard InChI is InChI=1S/C10H18O2/c1-3-8(4-2)10(11)9-6-5-7-12-9/h8-9H,3-7H2,1-2H3. The normalized spacial score (nSPS) is 23.4. The zero-order valence-corrected chi connectivity index (χ0v) is 8.01. The van der Waals surface area contributed by atoms with E-state index in [4.69, 9.17) is 4.74 Å². The fraction of sp³-hybridized carbons (Fsp3) is 0.900. The lowest BCUT2D eigenvalue weighted by atomic mass is 9.93. The molecule has 0 spiro atoms. The molecule has 2 nitrogen and oxygen atoms in total. The van der Waals surface area contributed by atoms with Crippen LogP contribution in [0.4, 0.5) is 0 Å². The third-order valence-electron chi connectivity index (χ3n) is 2.63. The largest absolute Gasteiger partial charge is 0.370 e. The highest BCUT2D eigenvalue weighted by atomic mass is 16.5. The Hall–Kier alpha value is -0.370. The summed E-state index contributed by atoms with van der Waals surface area (Å²) >= 11 is 0. The topological polar surface area (TPSA) is 26.3 Å². The Kier molecular flexibility index (Phi) is 3.73. The molecule has 1 rings (SSSR count). The molecule has 0 N–H and O–H groups in total. The first-order valence-electron chi connectivity index (χ1n) is 4.94. The van der Waals surface area contributed by atoms with E-state index in [-0.39, 0.29) is 12.0 Å². The van der Waals surface area contributed by atoms with Gasteiger partial charge in [0.2, 0.25) is 0 Å². The van der Waals surface area contributed by atoms with Crippen molar-refractivity contribution in [3.8, 4) is 0 Å². The van der Waals surface area contributed by atoms with Crippen LogP contribution in [-0.4, -0.2) is 18.5 Å². The number of carbonyl (C=O) groups is 1. The average molecular weight is 170 g/mol. The minimum Gasteiger partial charge on any atom is -0.370 e. The van der Waals surface area contributed by atoms with Gasteiger partial charge in [0.15, 0.2) is 5.78 Å². The Bertz CT molecular complexity index is 140. The maximum atomic E-state index is 11.7. The van der Waals surface area contributed by atoms with Gasteiger partial charge in [0.1, 0.15) is 6.10 Å². The van der Waals surface area contributed by atoms with Gasteiger partial charge in [-0.1, -0.05) is 13.8 Å². The van der Waals surface area contributed by atoms with E-state index in [0.717, 1.165) is 32.3 Å². The van der Waals surface area contributed by atoms with Gasteiger partial charge in [0.25, 0.3) is 0 Å². The van der Waals surface area contributed by atoms with Crippen LogP contribution in [-0.2, 0) is 9.53 Å². The van der Waals surface area contributed by atoms with E-state index in [1.54, 1.807) is 0 Å². The predicted molar refractivity (Wildman–Crippen MR) is 48.1 cm³/mol. The van der Waals surface area contributed by atoms with Gasteiger partial charge in [-0.15, -0.1) is 0 Å². The van der Waals surface area contributed by atoms with Crippen molar-refractivity contribution in [2.75, 3.05) is 6.61 Å². The lowest BCUT2D eigenvalue weighted by Crippen LogP contribution is -2.26. The fourth-order valence-corrected chi connectivity index (χ4v) is 1.76. The van der Waals surface area contributed by atoms with Crippen LogP contribution >= 0.6 is 0 Å². The van der Waals surface area contributed by atoms with Crippen LogP contribution in [0.1, 0.15) is 39.5 Å². The number of hydrogen-bond donors (Lipinski definition) is 0. The van der Waals surface area contributed by atoms with Crippen LogP contribution in [0.3, 0.4) is 0 Å². The van der Waals surface area contributed by atoms with Gasteiger partial charge in [0.05, 0.1) is 0 Å². The van der Waals surface area contributed by atoms with Gasteiger partial charge in [-0.25, -0.2) is 0 Å². The maximum absolute atomic E-state index is 11.7. The summed E-state index contributed by atoms with van der Waals surface area (Å²) in [6, 6.07) is 0. The summed E-state index contributed by atoms with van der Waals surface area (Å²) in [7, 11) is 0. The van der Waals surface area contributed by atoms with Crippen LogP contribution in [0.2, 0.25) is 0 Å². The first-order valence-corrected chi connectivity index (χ1v) is 4.94. The van der Waals surface area contributed by atoms with Crippen LogP contribution in [0.15, 0.2) is 0 Å². The molecule has 12 heavy (non-hydrogen) atoms. The Morgan fingerprint density at radius 3 is 2.58 bits per heavy atom. The molecule has 0 saturated carbocycles. The molecule has 1 heterocycles. The van der Waals surface area contributed by atoms with Crippen LogP contribution < -0.4 is 0 Å². The van der Waals surface area contributed by atoms with Crippen LogP contribution in [0.5, 0.6) is 0 Å². The van der Waals surface area contributed by atoms with E-state index in [1.165, 1.54) is 0 Å². The lowest BCUT2D eigenvalue weighted by molar-refractivity contribution is -0.132. The average Bonchev–Trinajstić information content (AvgIpc) is 2.58. The maximum Gasteiger partial charge on any atom is 0.164 e. The van der Waals surface area contributed by atoms with E-state index in [2.05, 4.69) is 13.8 Å². The number of Topliss-reactive ketones (excluding diaryl/α,β-unsaturated/α-hetero) is 1. The molecule has 1 aliphatic rings. The molecule has 0 bridgehead atoms. The second-order valence-corrected chi connectivity index (χ2v) is 3.42. The van der Waals surface area contributed by atoms with E-state index in [1.807, 2.05) is 0 Å². The molecule has 2 heteroatoms. The summed E-state index contributed by atoms with van der Waals surface area (Å²) < 4.78 is 5.35. The molecule has 0 aliphatic carbocycles. The molecular weight excluding hydrogens is 152 g/mol. The molecule has 1 atom stereocenters. The highest BCUT2D eigenvalue weighted by Crippen LogP contribution is 2.20. The van der Waals surface area contributed by atoms with Crippen molar-refractivity contribution in [2.45, 2.75) is 45.6 Å². The number of hydrogen-bond acceptors (Lipinski definition) is 2. The minimum atomic E-state index is -0.0742. The number of rotatable bonds is 4. The van der Waals surface area contributed by atoms with Gasteiger partial charge in [-0.05, 0) is 25.7 Å². The van der Waals surface area contributed by atoms with Crippen molar-refractivity contribution in [2.24, 2.45) is 5.92 Å². The van der Waals surface area contributed by atoms with Crippen molar-refractivity contribution in [3.63, 3.8) is 0 Å². The summed E-state index contributed by atoms with van der Waals surface area (Å²) in [5.74, 6) is 0.561. The fourth-order valence-electron chi connectivity index (χ4n) is 1.76. The Morgan fingerprint density at radius 1 is 1.50 bits per heavy atom. The Balaban J connectivity index is 2.43. The smallest absolute Gasteiger partial charge is 0.164 e.